The molecule has 0 saturated carbocycles. The van der Waals surface area contributed by atoms with Crippen LogP contribution in [0.15, 0.2) is 36.4 Å². The predicted octanol–water partition coefficient (Wildman–Crippen LogP) is 1.98. The zero-order valence-electron chi connectivity index (χ0n) is 17.9. The first-order valence-corrected chi connectivity index (χ1v) is 9.93. The van der Waals surface area contributed by atoms with Crippen LogP contribution < -0.4 is 10.9 Å². The molecule has 3 aromatic rings. The SMILES string of the molecule is Cc1cc2nc(C)c(CCC(=O)O[C@@H](C)C(=O)NNC(=O)c3ccccc3)c(C)n2n1. The van der Waals surface area contributed by atoms with Crippen molar-refractivity contribution < 1.29 is 19.1 Å². The number of aromatic nitrogens is 3. The van der Waals surface area contributed by atoms with Crippen LogP contribution in [0.1, 0.15) is 46.3 Å². The Labute approximate surface area is 179 Å². The quantitative estimate of drug-likeness (QED) is 0.463. The van der Waals surface area contributed by atoms with Gasteiger partial charge in [0, 0.05) is 29.4 Å². The number of hydrazine groups is 1. The maximum atomic E-state index is 12.2. The van der Waals surface area contributed by atoms with E-state index in [4.69, 9.17) is 4.74 Å². The van der Waals surface area contributed by atoms with Crippen LogP contribution in [0.5, 0.6) is 0 Å². The molecule has 9 heteroatoms. The summed E-state index contributed by atoms with van der Waals surface area (Å²) in [5.41, 5.74) is 9.25. The normalized spacial score (nSPS) is 11.7. The molecule has 0 aliphatic carbocycles. The first kappa shape index (κ1) is 21.9. The van der Waals surface area contributed by atoms with Gasteiger partial charge in [-0.15, -0.1) is 0 Å². The lowest BCUT2D eigenvalue weighted by Crippen LogP contribution is -2.46. The van der Waals surface area contributed by atoms with Crippen LogP contribution >= 0.6 is 0 Å². The van der Waals surface area contributed by atoms with Crippen molar-refractivity contribution in [3.63, 3.8) is 0 Å². The van der Waals surface area contributed by atoms with E-state index in [0.29, 0.717) is 12.0 Å². The van der Waals surface area contributed by atoms with E-state index in [-0.39, 0.29) is 6.42 Å². The van der Waals surface area contributed by atoms with E-state index >= 15 is 0 Å². The van der Waals surface area contributed by atoms with Crippen molar-refractivity contribution in [2.24, 2.45) is 0 Å². The number of nitrogens with zero attached hydrogens (tertiary/aromatic N) is 3. The molecule has 162 valence electrons. The van der Waals surface area contributed by atoms with Gasteiger partial charge in [-0.25, -0.2) is 9.50 Å². The van der Waals surface area contributed by atoms with Crippen molar-refractivity contribution in [3.05, 3.63) is 64.6 Å². The predicted molar refractivity (Wildman–Crippen MR) is 113 cm³/mol. The molecule has 0 bridgehead atoms. The summed E-state index contributed by atoms with van der Waals surface area (Å²) in [5, 5.41) is 4.42. The van der Waals surface area contributed by atoms with E-state index in [1.165, 1.54) is 6.92 Å². The summed E-state index contributed by atoms with van der Waals surface area (Å²) in [6, 6.07) is 10.3. The molecule has 0 saturated heterocycles. The molecule has 1 aromatic carbocycles. The zero-order chi connectivity index (χ0) is 22.5. The van der Waals surface area contributed by atoms with Gasteiger partial charge in [0.25, 0.3) is 11.8 Å². The highest BCUT2D eigenvalue weighted by Crippen LogP contribution is 2.17. The van der Waals surface area contributed by atoms with Crippen molar-refractivity contribution in [3.8, 4) is 0 Å². The minimum Gasteiger partial charge on any atom is -0.452 e. The van der Waals surface area contributed by atoms with Gasteiger partial charge in [-0.05, 0) is 51.8 Å². The molecular formula is C22H25N5O4. The van der Waals surface area contributed by atoms with E-state index in [0.717, 1.165) is 28.3 Å². The molecule has 3 rings (SSSR count). The molecule has 0 unspecified atom stereocenters. The van der Waals surface area contributed by atoms with Crippen molar-refractivity contribution in [1.29, 1.82) is 0 Å². The summed E-state index contributed by atoms with van der Waals surface area (Å²) in [7, 11) is 0. The second-order valence-corrected chi connectivity index (χ2v) is 7.26. The standard InChI is InChI=1S/C22H25N5O4/c1-13-12-19-23-14(2)18(15(3)27(19)26-13)10-11-20(28)31-16(4)21(29)24-25-22(30)17-8-6-5-7-9-17/h5-9,12,16H,10-11H2,1-4H3,(H,24,29)(H,25,30)/t16-/m0/s1. The molecule has 2 amide bonds. The number of amides is 2. The Balaban J connectivity index is 1.52. The maximum absolute atomic E-state index is 12.2. The summed E-state index contributed by atoms with van der Waals surface area (Å²) >= 11 is 0. The van der Waals surface area contributed by atoms with Crippen molar-refractivity contribution in [1.82, 2.24) is 25.4 Å². The second-order valence-electron chi connectivity index (χ2n) is 7.26. The number of ether oxygens (including phenoxy) is 1. The molecule has 0 aliphatic rings. The van der Waals surface area contributed by atoms with Crippen molar-refractivity contribution >= 4 is 23.4 Å². The van der Waals surface area contributed by atoms with Gasteiger partial charge in [-0.3, -0.25) is 25.2 Å². The number of hydrogen-bond donors (Lipinski definition) is 2. The maximum Gasteiger partial charge on any atom is 0.306 e. The van der Waals surface area contributed by atoms with Gasteiger partial charge in [-0.2, -0.15) is 5.10 Å². The van der Waals surface area contributed by atoms with Crippen molar-refractivity contribution in [2.75, 3.05) is 0 Å². The first-order chi connectivity index (χ1) is 14.8. The number of hydrogen-bond acceptors (Lipinski definition) is 6. The molecule has 9 nitrogen and oxygen atoms in total. The number of esters is 1. The molecule has 2 aromatic heterocycles. The largest absolute Gasteiger partial charge is 0.452 e. The molecule has 0 spiro atoms. The number of fused-ring (bicyclic) bond motifs is 1. The third-order valence-electron chi connectivity index (χ3n) is 4.88. The number of carbonyl (C=O) groups excluding carboxylic acids is 3. The topological polar surface area (TPSA) is 115 Å². The van der Waals surface area contributed by atoms with E-state index < -0.39 is 23.9 Å². The minimum atomic E-state index is -1.06. The van der Waals surface area contributed by atoms with Gasteiger partial charge in [0.15, 0.2) is 11.8 Å². The fourth-order valence-corrected chi connectivity index (χ4v) is 3.22. The highest BCUT2D eigenvalue weighted by molar-refractivity contribution is 5.95. The lowest BCUT2D eigenvalue weighted by Gasteiger charge is -2.15. The third-order valence-corrected chi connectivity index (χ3v) is 4.88. The molecule has 31 heavy (non-hydrogen) atoms. The van der Waals surface area contributed by atoms with Gasteiger partial charge >= 0.3 is 5.97 Å². The molecule has 0 radical (unpaired) electrons. The Morgan fingerprint density at radius 3 is 2.52 bits per heavy atom. The molecule has 0 aliphatic heterocycles. The number of nitrogens with one attached hydrogen (secondary N) is 2. The Kier molecular flexibility index (Phi) is 6.64. The fraction of sp³-hybridized carbons (Fsp3) is 0.318. The van der Waals surface area contributed by atoms with Gasteiger partial charge in [-0.1, -0.05) is 18.2 Å². The molecule has 2 heterocycles. The first-order valence-electron chi connectivity index (χ1n) is 9.93. The fourth-order valence-electron chi connectivity index (χ4n) is 3.22. The van der Waals surface area contributed by atoms with Gasteiger partial charge in [0.1, 0.15) is 0 Å². The molecular weight excluding hydrogens is 398 g/mol. The van der Waals surface area contributed by atoms with E-state index in [1.807, 2.05) is 26.8 Å². The summed E-state index contributed by atoms with van der Waals surface area (Å²) in [6.45, 7) is 7.16. The monoisotopic (exact) mass is 423 g/mol. The number of benzene rings is 1. The molecule has 0 fully saturated rings. The second kappa shape index (κ2) is 9.38. The van der Waals surface area contributed by atoms with Gasteiger partial charge < -0.3 is 4.74 Å². The van der Waals surface area contributed by atoms with E-state index in [2.05, 4.69) is 20.9 Å². The number of rotatable bonds is 6. The third kappa shape index (κ3) is 5.25. The van der Waals surface area contributed by atoms with Crippen molar-refractivity contribution in [2.45, 2.75) is 46.6 Å². The average molecular weight is 423 g/mol. The highest BCUT2D eigenvalue weighted by atomic mass is 16.5. The summed E-state index contributed by atoms with van der Waals surface area (Å²) < 4.78 is 6.96. The Morgan fingerprint density at radius 1 is 1.10 bits per heavy atom. The lowest BCUT2D eigenvalue weighted by atomic mass is 10.1. The van der Waals surface area contributed by atoms with Gasteiger partial charge in [0.2, 0.25) is 0 Å². The van der Waals surface area contributed by atoms with E-state index in [1.54, 1.807) is 34.8 Å². The molecule has 1 atom stereocenters. The minimum absolute atomic E-state index is 0.0864. The van der Waals surface area contributed by atoms with Gasteiger partial charge in [0.05, 0.1) is 5.69 Å². The Morgan fingerprint density at radius 2 is 1.81 bits per heavy atom. The van der Waals surface area contributed by atoms with Crippen LogP contribution in [0.3, 0.4) is 0 Å². The lowest BCUT2D eigenvalue weighted by molar-refractivity contribution is -0.155. The summed E-state index contributed by atoms with van der Waals surface area (Å²) in [6.07, 6.45) is -0.555. The molecule has 2 N–H and O–H groups in total. The summed E-state index contributed by atoms with van der Waals surface area (Å²) in [5.74, 6) is -1.61. The smallest absolute Gasteiger partial charge is 0.306 e. The van der Waals surface area contributed by atoms with Crippen LogP contribution in [-0.2, 0) is 20.7 Å². The Bertz CT molecular complexity index is 1120. The Hall–Kier alpha value is -3.75. The summed E-state index contributed by atoms with van der Waals surface area (Å²) in [4.78, 5) is 40.9. The van der Waals surface area contributed by atoms with Crippen LogP contribution in [0.25, 0.3) is 5.65 Å². The number of aryl methyl sites for hydroxylation is 3. The van der Waals surface area contributed by atoms with Crippen LogP contribution in [-0.4, -0.2) is 38.5 Å². The van der Waals surface area contributed by atoms with Crippen LogP contribution in [0.2, 0.25) is 0 Å². The van der Waals surface area contributed by atoms with E-state index in [9.17, 15) is 14.4 Å². The number of carbonyl (C=O) groups is 3. The van der Waals surface area contributed by atoms with Crippen LogP contribution in [0.4, 0.5) is 0 Å². The average Bonchev–Trinajstić information content (AvgIpc) is 3.12. The van der Waals surface area contributed by atoms with Crippen LogP contribution in [0, 0.1) is 20.8 Å². The zero-order valence-corrected chi connectivity index (χ0v) is 17.9. The highest BCUT2D eigenvalue weighted by Gasteiger charge is 2.20.